The van der Waals surface area contributed by atoms with Gasteiger partial charge in [0.1, 0.15) is 0 Å². The molecule has 0 atom stereocenters. The molecule has 4 heteroatoms. The lowest BCUT2D eigenvalue weighted by atomic mass is 10.3. The van der Waals surface area contributed by atoms with Crippen LogP contribution in [0.15, 0.2) is 30.3 Å². The Hall–Kier alpha value is -1.22. The molecule has 0 saturated carbocycles. The van der Waals surface area contributed by atoms with Gasteiger partial charge in [-0.25, -0.2) is 0 Å². The van der Waals surface area contributed by atoms with Crippen molar-refractivity contribution in [3.63, 3.8) is 0 Å². The van der Waals surface area contributed by atoms with Crippen molar-refractivity contribution in [3.05, 3.63) is 30.3 Å². The van der Waals surface area contributed by atoms with Crippen molar-refractivity contribution in [1.82, 2.24) is 5.48 Å². The second kappa shape index (κ2) is 3.83. The van der Waals surface area contributed by atoms with E-state index in [0.717, 1.165) is 0 Å². The Bertz CT molecular complexity index is 237. The number of para-hydroxylation sites is 1. The number of benzene rings is 1. The lowest BCUT2D eigenvalue weighted by Crippen LogP contribution is -2.20. The molecule has 0 aliphatic carbocycles. The van der Waals surface area contributed by atoms with Crippen molar-refractivity contribution >= 4 is 17.0 Å². The number of carbonyl (C=O) groups is 1. The number of nitrogens with one attached hydrogen (secondary N) is 1. The Labute approximate surface area is 68.9 Å². The number of halogens is 1. The van der Waals surface area contributed by atoms with Crippen LogP contribution < -0.4 is 10.3 Å². The zero-order valence-corrected chi connectivity index (χ0v) is 6.34. The first kappa shape index (κ1) is 7.88. The number of hydroxylamine groups is 1. The summed E-state index contributed by atoms with van der Waals surface area (Å²) in [5.41, 5.74) is 1.99. The van der Waals surface area contributed by atoms with E-state index in [4.69, 9.17) is 16.4 Å². The number of amides is 1. The predicted molar refractivity (Wildman–Crippen MR) is 41.5 cm³/mol. The highest BCUT2D eigenvalue weighted by Crippen LogP contribution is 2.06. The Morgan fingerprint density at radius 1 is 1.36 bits per heavy atom. The minimum absolute atomic E-state index is 0.543. The van der Waals surface area contributed by atoms with Crippen molar-refractivity contribution in [2.45, 2.75) is 0 Å². The van der Waals surface area contributed by atoms with Gasteiger partial charge in [-0.2, -0.15) is 5.48 Å². The molecule has 1 amide bonds. The SMILES string of the molecule is O=C(Cl)NOc1ccccc1. The Morgan fingerprint density at radius 3 is 2.55 bits per heavy atom. The van der Waals surface area contributed by atoms with Crippen LogP contribution in [0.4, 0.5) is 4.79 Å². The van der Waals surface area contributed by atoms with Crippen LogP contribution in [0.25, 0.3) is 0 Å². The molecule has 0 spiro atoms. The summed E-state index contributed by atoms with van der Waals surface area (Å²) in [6.07, 6.45) is 0. The molecule has 1 aromatic rings. The quantitative estimate of drug-likeness (QED) is 0.420. The molecule has 58 valence electrons. The summed E-state index contributed by atoms with van der Waals surface area (Å²) >= 11 is 4.95. The summed E-state index contributed by atoms with van der Waals surface area (Å²) in [4.78, 5) is 14.9. The third-order valence-corrected chi connectivity index (χ3v) is 1.07. The van der Waals surface area contributed by atoms with Crippen molar-refractivity contribution in [1.29, 1.82) is 0 Å². The van der Waals surface area contributed by atoms with Crippen molar-refractivity contribution in [3.8, 4) is 5.75 Å². The van der Waals surface area contributed by atoms with E-state index < -0.39 is 5.37 Å². The van der Waals surface area contributed by atoms with E-state index in [1.165, 1.54) is 0 Å². The van der Waals surface area contributed by atoms with Gasteiger partial charge in [0.05, 0.1) is 0 Å². The monoisotopic (exact) mass is 171 g/mol. The highest BCUT2D eigenvalue weighted by atomic mass is 35.5. The summed E-state index contributed by atoms with van der Waals surface area (Å²) in [5.74, 6) is 0.543. The molecule has 1 N–H and O–H groups in total. The minimum atomic E-state index is -0.742. The largest absolute Gasteiger partial charge is 0.379 e. The maximum Gasteiger partial charge on any atom is 0.346 e. The van der Waals surface area contributed by atoms with Crippen LogP contribution in [0.5, 0.6) is 5.75 Å². The molecule has 0 aromatic heterocycles. The summed E-state index contributed by atoms with van der Waals surface area (Å²) in [6.45, 7) is 0. The molecule has 0 aliphatic rings. The molecule has 0 unspecified atom stereocenters. The van der Waals surface area contributed by atoms with Gasteiger partial charge in [0, 0.05) is 0 Å². The third kappa shape index (κ3) is 2.91. The van der Waals surface area contributed by atoms with E-state index in [1.54, 1.807) is 24.3 Å². The first-order chi connectivity index (χ1) is 5.29. The maximum atomic E-state index is 10.1. The molecule has 0 heterocycles. The molecule has 1 rings (SSSR count). The summed E-state index contributed by atoms with van der Waals surface area (Å²) in [7, 11) is 0. The van der Waals surface area contributed by atoms with Gasteiger partial charge in [-0.3, -0.25) is 4.79 Å². The van der Waals surface area contributed by atoms with Crippen LogP contribution >= 0.6 is 11.6 Å². The van der Waals surface area contributed by atoms with E-state index in [9.17, 15) is 4.79 Å². The van der Waals surface area contributed by atoms with E-state index in [0.29, 0.717) is 5.75 Å². The smallest absolute Gasteiger partial charge is 0.346 e. The topological polar surface area (TPSA) is 38.3 Å². The average Bonchev–Trinajstić information content (AvgIpc) is 2.03. The highest BCUT2D eigenvalue weighted by Gasteiger charge is 1.93. The van der Waals surface area contributed by atoms with Gasteiger partial charge < -0.3 is 4.84 Å². The second-order valence-electron chi connectivity index (χ2n) is 1.79. The number of rotatable bonds is 2. The molecule has 0 saturated heterocycles. The van der Waals surface area contributed by atoms with Gasteiger partial charge in [0.15, 0.2) is 5.75 Å². The lowest BCUT2D eigenvalue weighted by Gasteiger charge is -2.01. The lowest BCUT2D eigenvalue weighted by molar-refractivity contribution is 0.197. The zero-order chi connectivity index (χ0) is 8.10. The normalized spacial score (nSPS) is 8.82. The molecule has 0 bridgehead atoms. The fraction of sp³-hybridized carbons (Fsp3) is 0. The summed E-state index contributed by atoms with van der Waals surface area (Å²) < 4.78 is 0. The molecular weight excluding hydrogens is 166 g/mol. The van der Waals surface area contributed by atoms with Gasteiger partial charge in [-0.15, -0.1) is 0 Å². The van der Waals surface area contributed by atoms with Gasteiger partial charge in [0.2, 0.25) is 0 Å². The average molecular weight is 172 g/mol. The van der Waals surface area contributed by atoms with Crippen LogP contribution in [0.2, 0.25) is 0 Å². The van der Waals surface area contributed by atoms with Gasteiger partial charge in [0.25, 0.3) is 0 Å². The Kier molecular flexibility index (Phi) is 2.74. The van der Waals surface area contributed by atoms with Crippen molar-refractivity contribution in [2.24, 2.45) is 0 Å². The molecule has 3 nitrogen and oxygen atoms in total. The third-order valence-electron chi connectivity index (χ3n) is 0.992. The van der Waals surface area contributed by atoms with Crippen molar-refractivity contribution in [2.75, 3.05) is 0 Å². The number of hydrogen-bond acceptors (Lipinski definition) is 2. The fourth-order valence-electron chi connectivity index (χ4n) is 0.588. The molecule has 11 heavy (non-hydrogen) atoms. The van der Waals surface area contributed by atoms with E-state index in [1.807, 2.05) is 11.5 Å². The minimum Gasteiger partial charge on any atom is -0.379 e. The zero-order valence-electron chi connectivity index (χ0n) is 5.58. The Morgan fingerprint density at radius 2 is 2.00 bits per heavy atom. The summed E-state index contributed by atoms with van der Waals surface area (Å²) in [5, 5.41) is -0.742. The van der Waals surface area contributed by atoms with Crippen LogP contribution in [0, 0.1) is 0 Å². The van der Waals surface area contributed by atoms with Gasteiger partial charge in [-0.05, 0) is 23.7 Å². The molecule has 0 fully saturated rings. The predicted octanol–water partition coefficient (Wildman–Crippen LogP) is 1.93. The van der Waals surface area contributed by atoms with Crippen molar-refractivity contribution < 1.29 is 9.63 Å². The van der Waals surface area contributed by atoms with Gasteiger partial charge in [-0.1, -0.05) is 18.2 Å². The first-order valence-electron chi connectivity index (χ1n) is 2.96. The van der Waals surface area contributed by atoms with E-state index >= 15 is 0 Å². The number of carbonyl (C=O) groups excluding carboxylic acids is 1. The Balaban J connectivity index is 2.45. The summed E-state index contributed by atoms with van der Waals surface area (Å²) in [6, 6.07) is 8.82. The van der Waals surface area contributed by atoms with Crippen LogP contribution in [-0.2, 0) is 0 Å². The van der Waals surface area contributed by atoms with E-state index in [2.05, 4.69) is 0 Å². The highest BCUT2D eigenvalue weighted by molar-refractivity contribution is 6.62. The van der Waals surface area contributed by atoms with Crippen LogP contribution in [-0.4, -0.2) is 5.37 Å². The molecule has 0 radical (unpaired) electrons. The van der Waals surface area contributed by atoms with Crippen LogP contribution in [0.3, 0.4) is 0 Å². The molecule has 0 aliphatic heterocycles. The van der Waals surface area contributed by atoms with Crippen LogP contribution in [0.1, 0.15) is 0 Å². The molecule has 1 aromatic carbocycles. The standard InChI is InChI=1S/C7H6ClNO2/c8-7(10)9-11-6-4-2-1-3-5-6/h1-5H,(H,9,10). The number of hydrogen-bond donors (Lipinski definition) is 1. The second-order valence-corrected chi connectivity index (χ2v) is 2.13. The molecular formula is C7H6ClNO2. The fourth-order valence-corrected chi connectivity index (χ4v) is 0.626. The first-order valence-corrected chi connectivity index (χ1v) is 3.34. The van der Waals surface area contributed by atoms with Gasteiger partial charge >= 0.3 is 5.37 Å². The maximum absolute atomic E-state index is 10.1. The van der Waals surface area contributed by atoms with E-state index in [-0.39, 0.29) is 0 Å².